The molecule has 92 valence electrons. The number of piperidine rings is 1. The van der Waals surface area contributed by atoms with Crippen molar-refractivity contribution in [2.24, 2.45) is 5.73 Å². The Morgan fingerprint density at radius 1 is 1.56 bits per heavy atom. The van der Waals surface area contributed by atoms with Gasteiger partial charge in [-0.05, 0) is 26.3 Å². The molecule has 1 fully saturated rings. The number of nitrogens with two attached hydrogens (primary N) is 1. The van der Waals surface area contributed by atoms with Crippen molar-refractivity contribution < 1.29 is 0 Å². The second-order valence-electron chi connectivity index (χ2n) is 4.34. The van der Waals surface area contributed by atoms with E-state index in [-0.39, 0.29) is 12.4 Å². The van der Waals surface area contributed by atoms with Crippen LogP contribution in [0.25, 0.3) is 0 Å². The summed E-state index contributed by atoms with van der Waals surface area (Å²) in [6, 6.07) is 0.361. The van der Waals surface area contributed by atoms with Crippen LogP contribution < -0.4 is 5.73 Å². The zero-order chi connectivity index (χ0) is 10.7. The van der Waals surface area contributed by atoms with Crippen LogP contribution in [0.15, 0.2) is 12.4 Å². The van der Waals surface area contributed by atoms with Gasteiger partial charge < -0.3 is 5.73 Å². The maximum Gasteiger partial charge on any atom is 0.0534 e. The molecule has 16 heavy (non-hydrogen) atoms. The molecule has 1 atom stereocenters. The lowest BCUT2D eigenvalue weighted by atomic mass is 10.1. The average molecular weight is 245 g/mol. The van der Waals surface area contributed by atoms with Crippen molar-refractivity contribution in [3.63, 3.8) is 0 Å². The molecule has 1 aromatic heterocycles. The van der Waals surface area contributed by atoms with E-state index in [2.05, 4.69) is 23.1 Å². The lowest BCUT2D eigenvalue weighted by Gasteiger charge is -2.30. The Bertz CT molecular complexity index is 313. The van der Waals surface area contributed by atoms with Crippen LogP contribution in [0.4, 0.5) is 0 Å². The summed E-state index contributed by atoms with van der Waals surface area (Å²) in [5.74, 6) is 0. The highest BCUT2D eigenvalue weighted by atomic mass is 35.5. The van der Waals surface area contributed by atoms with Crippen molar-refractivity contribution in [2.75, 3.05) is 13.1 Å². The quantitative estimate of drug-likeness (QED) is 0.871. The van der Waals surface area contributed by atoms with Crippen LogP contribution in [0, 0.1) is 0 Å². The molecule has 2 N–H and O–H groups in total. The van der Waals surface area contributed by atoms with Gasteiger partial charge in [-0.1, -0.05) is 0 Å². The van der Waals surface area contributed by atoms with Gasteiger partial charge in [-0.3, -0.25) is 9.58 Å². The predicted octanol–water partition coefficient (Wildman–Crippen LogP) is 1.25. The van der Waals surface area contributed by atoms with Crippen LogP contribution in [0.1, 0.15) is 25.3 Å². The van der Waals surface area contributed by atoms with Gasteiger partial charge in [0, 0.05) is 37.4 Å². The summed E-state index contributed by atoms with van der Waals surface area (Å²) in [7, 11) is 0. The van der Waals surface area contributed by atoms with E-state index in [4.69, 9.17) is 5.73 Å². The van der Waals surface area contributed by atoms with Gasteiger partial charge in [0.2, 0.25) is 0 Å². The molecule has 0 amide bonds. The third kappa shape index (κ3) is 3.47. The van der Waals surface area contributed by atoms with Crippen LogP contribution in [0.3, 0.4) is 0 Å². The smallest absolute Gasteiger partial charge is 0.0534 e. The second-order valence-corrected chi connectivity index (χ2v) is 4.34. The number of hydrogen-bond donors (Lipinski definition) is 1. The van der Waals surface area contributed by atoms with Crippen molar-refractivity contribution in [3.05, 3.63) is 18.0 Å². The SMILES string of the molecule is CCn1cc(CN2CCC[C@@H](N)C2)cn1.Cl. The molecule has 0 radical (unpaired) electrons. The number of likely N-dealkylation sites (tertiary alicyclic amines) is 1. The first-order valence-electron chi connectivity index (χ1n) is 5.77. The normalized spacial score (nSPS) is 21.8. The fraction of sp³-hybridized carbons (Fsp3) is 0.727. The molecule has 0 unspecified atom stereocenters. The minimum absolute atomic E-state index is 0. The molecule has 0 saturated carbocycles. The first kappa shape index (κ1) is 13.5. The Balaban J connectivity index is 0.00000128. The van der Waals surface area contributed by atoms with Gasteiger partial charge in [-0.25, -0.2) is 0 Å². The summed E-state index contributed by atoms with van der Waals surface area (Å²) < 4.78 is 1.97. The van der Waals surface area contributed by atoms with Crippen molar-refractivity contribution in [2.45, 2.75) is 38.9 Å². The molecular formula is C11H21ClN4. The van der Waals surface area contributed by atoms with Crippen LogP contribution in [-0.4, -0.2) is 33.8 Å². The first-order valence-corrected chi connectivity index (χ1v) is 5.77. The molecule has 0 aromatic carbocycles. The molecule has 1 aliphatic rings. The van der Waals surface area contributed by atoms with Crippen LogP contribution in [-0.2, 0) is 13.1 Å². The Kier molecular flexibility index (Phi) is 5.25. The Morgan fingerprint density at radius 3 is 3.00 bits per heavy atom. The summed E-state index contributed by atoms with van der Waals surface area (Å²) in [5.41, 5.74) is 7.24. The Labute approximate surface area is 103 Å². The van der Waals surface area contributed by atoms with Crippen molar-refractivity contribution >= 4 is 12.4 Å². The summed E-state index contributed by atoms with van der Waals surface area (Å²) in [5, 5.41) is 4.28. The van der Waals surface area contributed by atoms with Gasteiger partial charge in [-0.15, -0.1) is 12.4 Å². The molecular weight excluding hydrogens is 224 g/mol. The largest absolute Gasteiger partial charge is 0.327 e. The van der Waals surface area contributed by atoms with Crippen LogP contribution in [0.5, 0.6) is 0 Å². The minimum atomic E-state index is 0. The maximum atomic E-state index is 5.95. The van der Waals surface area contributed by atoms with E-state index in [9.17, 15) is 0 Å². The molecule has 1 aliphatic heterocycles. The molecule has 1 saturated heterocycles. The monoisotopic (exact) mass is 244 g/mol. The molecule has 5 heteroatoms. The molecule has 0 aliphatic carbocycles. The molecule has 1 aromatic rings. The number of hydrogen-bond acceptors (Lipinski definition) is 3. The fourth-order valence-electron chi connectivity index (χ4n) is 2.15. The van der Waals surface area contributed by atoms with Gasteiger partial charge in [0.25, 0.3) is 0 Å². The lowest BCUT2D eigenvalue weighted by Crippen LogP contribution is -2.42. The van der Waals surface area contributed by atoms with Gasteiger partial charge in [0.05, 0.1) is 6.20 Å². The van der Waals surface area contributed by atoms with E-state index in [1.54, 1.807) is 0 Å². The Morgan fingerprint density at radius 2 is 2.38 bits per heavy atom. The van der Waals surface area contributed by atoms with E-state index in [0.717, 1.165) is 19.6 Å². The van der Waals surface area contributed by atoms with Crippen molar-refractivity contribution in [1.82, 2.24) is 14.7 Å². The van der Waals surface area contributed by atoms with E-state index in [1.165, 1.54) is 24.9 Å². The molecule has 2 heterocycles. The summed E-state index contributed by atoms with van der Waals surface area (Å²) in [4.78, 5) is 2.42. The minimum Gasteiger partial charge on any atom is -0.327 e. The third-order valence-electron chi connectivity index (χ3n) is 2.96. The average Bonchev–Trinajstić information content (AvgIpc) is 2.65. The fourth-order valence-corrected chi connectivity index (χ4v) is 2.15. The number of rotatable bonds is 3. The highest BCUT2D eigenvalue weighted by Crippen LogP contribution is 2.11. The van der Waals surface area contributed by atoms with Crippen molar-refractivity contribution in [1.29, 1.82) is 0 Å². The highest BCUT2D eigenvalue weighted by molar-refractivity contribution is 5.85. The van der Waals surface area contributed by atoms with E-state index in [1.807, 2.05) is 10.9 Å². The summed E-state index contributed by atoms with van der Waals surface area (Å²) >= 11 is 0. The van der Waals surface area contributed by atoms with Gasteiger partial charge in [0.15, 0.2) is 0 Å². The number of nitrogens with zero attached hydrogens (tertiary/aromatic N) is 3. The number of aromatic nitrogens is 2. The summed E-state index contributed by atoms with van der Waals surface area (Å²) in [6.45, 7) is 6.24. The van der Waals surface area contributed by atoms with Crippen LogP contribution >= 0.6 is 12.4 Å². The zero-order valence-corrected chi connectivity index (χ0v) is 10.6. The predicted molar refractivity (Wildman–Crippen MR) is 67.6 cm³/mol. The van der Waals surface area contributed by atoms with Gasteiger partial charge >= 0.3 is 0 Å². The number of halogens is 1. The highest BCUT2D eigenvalue weighted by Gasteiger charge is 2.16. The number of aryl methyl sites for hydroxylation is 1. The van der Waals surface area contributed by atoms with Crippen LogP contribution in [0.2, 0.25) is 0 Å². The Hall–Kier alpha value is -0.580. The molecule has 0 bridgehead atoms. The molecule has 0 spiro atoms. The third-order valence-corrected chi connectivity index (χ3v) is 2.96. The van der Waals surface area contributed by atoms with Gasteiger partial charge in [-0.2, -0.15) is 5.10 Å². The van der Waals surface area contributed by atoms with E-state index < -0.39 is 0 Å². The van der Waals surface area contributed by atoms with Gasteiger partial charge in [0.1, 0.15) is 0 Å². The van der Waals surface area contributed by atoms with E-state index in [0.29, 0.717) is 6.04 Å². The lowest BCUT2D eigenvalue weighted by molar-refractivity contribution is 0.201. The maximum absolute atomic E-state index is 5.95. The topological polar surface area (TPSA) is 47.1 Å². The van der Waals surface area contributed by atoms with E-state index >= 15 is 0 Å². The standard InChI is InChI=1S/C11H20N4.ClH/c1-2-15-8-10(6-13-15)7-14-5-3-4-11(12)9-14;/h6,8,11H,2-5,7,9,12H2,1H3;1H/t11-;/m1./s1. The van der Waals surface area contributed by atoms with Crippen molar-refractivity contribution in [3.8, 4) is 0 Å². The molecule has 4 nitrogen and oxygen atoms in total. The second kappa shape index (κ2) is 6.23. The molecule has 2 rings (SSSR count). The zero-order valence-electron chi connectivity index (χ0n) is 9.80. The first-order chi connectivity index (χ1) is 7.28. The summed E-state index contributed by atoms with van der Waals surface area (Å²) in [6.07, 6.45) is 6.48.